The van der Waals surface area contributed by atoms with Crippen LogP contribution in [0.5, 0.6) is 5.75 Å². The molecule has 0 aromatic heterocycles. The van der Waals surface area contributed by atoms with Gasteiger partial charge in [-0.3, -0.25) is 14.5 Å². The largest absolute Gasteiger partial charge is 0.439 e. The molecule has 2 aliphatic heterocycles. The van der Waals surface area contributed by atoms with Crippen LogP contribution in [0.25, 0.3) is 10.8 Å². The van der Waals surface area contributed by atoms with Crippen molar-refractivity contribution in [3.63, 3.8) is 0 Å². The molecule has 7 heteroatoms. The van der Waals surface area contributed by atoms with Crippen molar-refractivity contribution in [2.75, 3.05) is 30.4 Å². The van der Waals surface area contributed by atoms with E-state index in [1.54, 1.807) is 24.3 Å². The number of allylic oxidation sites excluding steroid dienone is 1. The number of carbonyl (C=O) groups excluding carboxylic acids is 2. The molecule has 47 heavy (non-hydrogen) atoms. The minimum Gasteiger partial charge on any atom is -0.439 e. The van der Waals surface area contributed by atoms with E-state index in [9.17, 15) is 9.59 Å². The van der Waals surface area contributed by atoms with Gasteiger partial charge >= 0.3 is 0 Å². The van der Waals surface area contributed by atoms with E-state index in [1.807, 2.05) is 18.2 Å². The van der Waals surface area contributed by atoms with Crippen molar-refractivity contribution in [1.29, 1.82) is 0 Å². The zero-order chi connectivity index (χ0) is 32.5. The molecule has 0 saturated heterocycles. The summed E-state index contributed by atoms with van der Waals surface area (Å²) in [6, 6.07) is 38.7. The van der Waals surface area contributed by atoms with Gasteiger partial charge in [0.05, 0.1) is 16.8 Å². The van der Waals surface area contributed by atoms with Crippen LogP contribution in [0.4, 0.5) is 11.4 Å². The molecule has 5 aromatic carbocycles. The first-order valence-corrected chi connectivity index (χ1v) is 17.2. The Morgan fingerprint density at radius 2 is 1.49 bits per heavy atom. The Kier molecular flexibility index (Phi) is 8.49. The Labute approximate surface area is 289 Å². The standard InChI is InChI=1S/C40H36IN3O3/c1-40(26-27-13-4-3-5-14-27,35(41)25-36-43(2)33-19-10-11-20-34(33)47-36)37-29-16-7-6-15-28(29)21-22-32(37)42-23-12-24-44-38(45)30-17-8-9-18-31(30)39(44)46/h3-11,13-22,25,35,42H,12,23-24,26H2,1-2H3/b36-25-. The van der Waals surface area contributed by atoms with Gasteiger partial charge < -0.3 is 15.0 Å². The zero-order valence-electron chi connectivity index (χ0n) is 26.4. The molecule has 6 nitrogen and oxygen atoms in total. The Morgan fingerprint density at radius 3 is 2.23 bits per heavy atom. The maximum absolute atomic E-state index is 13.0. The van der Waals surface area contributed by atoms with Gasteiger partial charge in [-0.25, -0.2) is 0 Å². The third-order valence-corrected chi connectivity index (χ3v) is 11.1. The SMILES string of the molecule is CN1/C(=C/C(I)C(C)(Cc2ccccc2)c2c(NCCCN3C(=O)c4ccccc4C3=O)ccc3ccccc23)Oc2ccccc21. The molecule has 2 amide bonds. The number of para-hydroxylation sites is 2. The fourth-order valence-electron chi connectivity index (χ4n) is 6.86. The van der Waals surface area contributed by atoms with Crippen molar-refractivity contribution in [2.24, 2.45) is 0 Å². The molecular formula is C40H36IN3O3. The summed E-state index contributed by atoms with van der Waals surface area (Å²) in [5, 5.41) is 6.10. The van der Waals surface area contributed by atoms with Crippen LogP contribution in [-0.4, -0.2) is 40.8 Å². The van der Waals surface area contributed by atoms with Gasteiger partial charge in [-0.1, -0.05) is 114 Å². The molecule has 0 aliphatic carbocycles. The summed E-state index contributed by atoms with van der Waals surface area (Å²) in [6.45, 7) is 3.31. The van der Waals surface area contributed by atoms with Crippen LogP contribution >= 0.6 is 22.6 Å². The molecule has 0 bridgehead atoms. The fraction of sp³-hybridized carbons (Fsp3) is 0.200. The van der Waals surface area contributed by atoms with E-state index in [4.69, 9.17) is 4.74 Å². The number of anilines is 2. The molecule has 0 fully saturated rings. The summed E-state index contributed by atoms with van der Waals surface area (Å²) in [4.78, 5) is 29.4. The van der Waals surface area contributed by atoms with Crippen LogP contribution < -0.4 is 15.0 Å². The summed E-state index contributed by atoms with van der Waals surface area (Å²) in [7, 11) is 2.05. The summed E-state index contributed by atoms with van der Waals surface area (Å²) in [5.74, 6) is 1.25. The average molecular weight is 734 g/mol. The van der Waals surface area contributed by atoms with Crippen molar-refractivity contribution in [3.8, 4) is 5.75 Å². The number of benzene rings is 5. The molecular weight excluding hydrogens is 697 g/mol. The fourth-order valence-corrected chi connectivity index (χ4v) is 7.69. The number of ether oxygens (including phenoxy) is 1. The predicted molar refractivity (Wildman–Crippen MR) is 198 cm³/mol. The van der Waals surface area contributed by atoms with Crippen molar-refractivity contribution in [1.82, 2.24) is 4.90 Å². The van der Waals surface area contributed by atoms with Crippen LogP contribution in [0.2, 0.25) is 0 Å². The minimum atomic E-state index is -0.361. The average Bonchev–Trinajstić information content (AvgIpc) is 3.54. The molecule has 2 heterocycles. The lowest BCUT2D eigenvalue weighted by Crippen LogP contribution is -2.36. The number of halogens is 1. The molecule has 0 saturated carbocycles. The van der Waals surface area contributed by atoms with E-state index in [2.05, 4.69) is 126 Å². The van der Waals surface area contributed by atoms with Crippen LogP contribution in [-0.2, 0) is 11.8 Å². The third-order valence-electron chi connectivity index (χ3n) is 9.34. The normalized spacial score (nSPS) is 16.6. The van der Waals surface area contributed by atoms with Crippen molar-refractivity contribution >= 4 is 56.6 Å². The monoisotopic (exact) mass is 733 g/mol. The van der Waals surface area contributed by atoms with Crippen LogP contribution in [0.15, 0.2) is 127 Å². The number of imide groups is 1. The van der Waals surface area contributed by atoms with Crippen LogP contribution in [0.1, 0.15) is 45.2 Å². The first-order valence-electron chi connectivity index (χ1n) is 16.0. The summed E-state index contributed by atoms with van der Waals surface area (Å²) in [5.41, 5.74) is 5.20. The van der Waals surface area contributed by atoms with Gasteiger partial charge in [0.1, 0.15) is 0 Å². The number of nitrogens with one attached hydrogen (secondary N) is 1. The van der Waals surface area contributed by atoms with E-state index >= 15 is 0 Å². The number of alkyl halides is 1. The Hall–Kier alpha value is -4.63. The second-order valence-corrected chi connectivity index (χ2v) is 13.8. The minimum absolute atomic E-state index is 0.0387. The lowest BCUT2D eigenvalue weighted by atomic mass is 9.72. The summed E-state index contributed by atoms with van der Waals surface area (Å²) < 4.78 is 6.40. The Balaban J connectivity index is 1.22. The molecule has 7 rings (SSSR count). The van der Waals surface area contributed by atoms with Gasteiger partial charge in [-0.05, 0) is 71.1 Å². The first kappa shape index (κ1) is 31.0. The highest BCUT2D eigenvalue weighted by Crippen LogP contribution is 2.46. The quantitative estimate of drug-likeness (QED) is 0.0675. The van der Waals surface area contributed by atoms with Gasteiger partial charge in [0, 0.05) is 35.2 Å². The lowest BCUT2D eigenvalue weighted by molar-refractivity contribution is 0.0654. The number of nitrogens with zero attached hydrogens (tertiary/aromatic N) is 2. The summed E-state index contributed by atoms with van der Waals surface area (Å²) in [6.07, 6.45) is 3.68. The molecule has 0 radical (unpaired) electrons. The smallest absolute Gasteiger partial charge is 0.261 e. The molecule has 236 valence electrons. The zero-order valence-corrected chi connectivity index (χ0v) is 28.6. The van der Waals surface area contributed by atoms with Crippen molar-refractivity contribution in [3.05, 3.63) is 149 Å². The molecule has 1 N–H and O–H groups in total. The van der Waals surface area contributed by atoms with Gasteiger partial charge in [0.15, 0.2) is 11.6 Å². The highest BCUT2D eigenvalue weighted by molar-refractivity contribution is 14.1. The van der Waals surface area contributed by atoms with E-state index in [-0.39, 0.29) is 21.2 Å². The molecule has 5 aromatic rings. The number of hydrogen-bond acceptors (Lipinski definition) is 5. The second kappa shape index (κ2) is 12.9. The summed E-state index contributed by atoms with van der Waals surface area (Å²) >= 11 is 2.58. The van der Waals surface area contributed by atoms with Gasteiger partial charge in [-0.2, -0.15) is 0 Å². The highest BCUT2D eigenvalue weighted by atomic mass is 127. The number of carbonyl (C=O) groups is 2. The van der Waals surface area contributed by atoms with E-state index < -0.39 is 0 Å². The number of rotatable bonds is 10. The van der Waals surface area contributed by atoms with Crippen LogP contribution in [0.3, 0.4) is 0 Å². The maximum atomic E-state index is 13.0. The lowest BCUT2D eigenvalue weighted by Gasteiger charge is -2.37. The molecule has 2 aliphatic rings. The van der Waals surface area contributed by atoms with E-state index in [0.29, 0.717) is 30.6 Å². The van der Waals surface area contributed by atoms with E-state index in [1.165, 1.54) is 26.8 Å². The van der Waals surface area contributed by atoms with Crippen LogP contribution in [0, 0.1) is 0 Å². The Morgan fingerprint density at radius 1 is 0.830 bits per heavy atom. The molecule has 2 atom stereocenters. The highest BCUT2D eigenvalue weighted by Gasteiger charge is 2.39. The van der Waals surface area contributed by atoms with Crippen molar-refractivity contribution < 1.29 is 14.3 Å². The van der Waals surface area contributed by atoms with E-state index in [0.717, 1.165) is 29.4 Å². The predicted octanol–water partition coefficient (Wildman–Crippen LogP) is 8.61. The topological polar surface area (TPSA) is 61.9 Å². The molecule has 0 spiro atoms. The number of hydrogen-bond donors (Lipinski definition) is 1. The maximum Gasteiger partial charge on any atom is 0.261 e. The molecule has 2 unspecified atom stereocenters. The third kappa shape index (κ3) is 5.78. The van der Waals surface area contributed by atoms with Gasteiger partial charge in [-0.15, -0.1) is 0 Å². The van der Waals surface area contributed by atoms with Crippen molar-refractivity contribution in [2.45, 2.75) is 29.1 Å². The van der Waals surface area contributed by atoms with Gasteiger partial charge in [0.2, 0.25) is 0 Å². The first-order chi connectivity index (χ1) is 22.8. The second-order valence-electron chi connectivity index (χ2n) is 12.4. The number of fused-ring (bicyclic) bond motifs is 3. The Bertz CT molecular complexity index is 1970. The number of amides is 2. The van der Waals surface area contributed by atoms with Gasteiger partial charge in [0.25, 0.3) is 11.8 Å².